The van der Waals surface area contributed by atoms with Crippen LogP contribution in [0.2, 0.25) is 0 Å². The Morgan fingerprint density at radius 2 is 1.94 bits per heavy atom. The summed E-state index contributed by atoms with van der Waals surface area (Å²) in [5, 5.41) is 2.66. The number of esters is 1. The number of rotatable bonds is 5. The van der Waals surface area contributed by atoms with Crippen LogP contribution in [0, 0.1) is 12.8 Å². The second-order valence-corrected chi connectivity index (χ2v) is 10.3. The second kappa shape index (κ2) is 8.41. The molecule has 0 amide bonds. The van der Waals surface area contributed by atoms with E-state index >= 15 is 0 Å². The van der Waals surface area contributed by atoms with E-state index in [2.05, 4.69) is 15.0 Å². The number of ether oxygens (including phenoxy) is 1. The van der Waals surface area contributed by atoms with Gasteiger partial charge in [-0.2, -0.15) is 4.98 Å². The van der Waals surface area contributed by atoms with Crippen LogP contribution in [-0.4, -0.2) is 52.6 Å². The van der Waals surface area contributed by atoms with Gasteiger partial charge in [0.05, 0.1) is 11.1 Å². The maximum absolute atomic E-state index is 13.5. The predicted molar refractivity (Wildman–Crippen MR) is 128 cm³/mol. The van der Waals surface area contributed by atoms with Crippen LogP contribution in [0.25, 0.3) is 22.1 Å². The van der Waals surface area contributed by atoms with E-state index in [4.69, 9.17) is 10.5 Å². The van der Waals surface area contributed by atoms with Crippen LogP contribution in [0.15, 0.2) is 47.6 Å². The minimum Gasteiger partial charge on any atom is -0.391 e. The number of carbonyl (C=O) groups excluding carboxylic acids is 1. The van der Waals surface area contributed by atoms with E-state index < -0.39 is 16.0 Å². The summed E-state index contributed by atoms with van der Waals surface area (Å²) in [4.78, 5) is 20.9. The van der Waals surface area contributed by atoms with E-state index in [-0.39, 0.29) is 16.6 Å². The van der Waals surface area contributed by atoms with E-state index in [1.165, 1.54) is 23.3 Å². The summed E-state index contributed by atoms with van der Waals surface area (Å²) in [5.41, 5.74) is 7.94. The molecular weight excluding hydrogens is 456 g/mol. The number of imidazole rings is 1. The maximum Gasteiger partial charge on any atom is 0.324 e. The van der Waals surface area contributed by atoms with Crippen molar-refractivity contribution in [3.8, 4) is 6.01 Å². The number of hydrogen-bond donors (Lipinski definition) is 1. The third-order valence-electron chi connectivity index (χ3n) is 6.31. The van der Waals surface area contributed by atoms with Crippen LogP contribution >= 0.6 is 0 Å². The van der Waals surface area contributed by atoms with Crippen LogP contribution in [0.5, 0.6) is 6.01 Å². The third-order valence-corrected chi connectivity index (χ3v) is 8.14. The van der Waals surface area contributed by atoms with Gasteiger partial charge in [0, 0.05) is 31.6 Å². The molecule has 3 aromatic heterocycles. The van der Waals surface area contributed by atoms with Crippen LogP contribution < -0.4 is 15.5 Å². The predicted octanol–water partition coefficient (Wildman–Crippen LogP) is 2.16. The number of piperidine rings is 1. The molecule has 1 saturated heterocycles. The summed E-state index contributed by atoms with van der Waals surface area (Å²) in [6.45, 7) is 5.11. The normalized spacial score (nSPS) is 15.3. The molecule has 2 N–H and O–H groups in total. The van der Waals surface area contributed by atoms with Gasteiger partial charge in [0.2, 0.25) is 0 Å². The van der Waals surface area contributed by atoms with Crippen molar-refractivity contribution in [3.05, 3.63) is 48.3 Å². The number of hydrogen-bond acceptors (Lipinski definition) is 8. The van der Waals surface area contributed by atoms with Crippen LogP contribution in [0.4, 0.5) is 0 Å². The summed E-state index contributed by atoms with van der Waals surface area (Å²) >= 11 is 0. The highest BCUT2D eigenvalue weighted by molar-refractivity contribution is 7.90. The number of benzene rings is 1. The van der Waals surface area contributed by atoms with Gasteiger partial charge < -0.3 is 15.5 Å². The zero-order valence-corrected chi connectivity index (χ0v) is 19.8. The van der Waals surface area contributed by atoms with Crippen molar-refractivity contribution in [3.63, 3.8) is 0 Å². The van der Waals surface area contributed by atoms with Gasteiger partial charge in [-0.25, -0.2) is 22.1 Å². The zero-order valence-electron chi connectivity index (χ0n) is 19.0. The Morgan fingerprint density at radius 1 is 1.21 bits per heavy atom. The maximum atomic E-state index is 13.5. The van der Waals surface area contributed by atoms with Crippen LogP contribution in [0.3, 0.4) is 0 Å². The molecule has 34 heavy (non-hydrogen) atoms. The minimum absolute atomic E-state index is 0.137. The lowest BCUT2D eigenvalue weighted by Crippen LogP contribution is -2.43. The molecule has 0 radical (unpaired) electrons. The van der Waals surface area contributed by atoms with Crippen molar-refractivity contribution in [2.24, 2.45) is 11.7 Å². The molecule has 0 bridgehead atoms. The first kappa shape index (κ1) is 22.4. The lowest BCUT2D eigenvalue weighted by Gasteiger charge is -2.34. The quantitative estimate of drug-likeness (QED) is 0.429. The van der Waals surface area contributed by atoms with Crippen molar-refractivity contribution in [2.75, 3.05) is 24.6 Å². The monoisotopic (exact) mass is 482 g/mol. The number of pyridine rings is 1. The van der Waals surface area contributed by atoms with Gasteiger partial charge in [0.25, 0.3) is 10.0 Å². The summed E-state index contributed by atoms with van der Waals surface area (Å²) in [6.07, 6.45) is 4.80. The third kappa shape index (κ3) is 3.61. The van der Waals surface area contributed by atoms with Gasteiger partial charge in [0.1, 0.15) is 11.0 Å². The number of carbonyl (C=O) groups is 1. The first-order chi connectivity index (χ1) is 16.3. The molecule has 0 aliphatic carbocycles. The molecule has 0 saturated carbocycles. The second-order valence-electron chi connectivity index (χ2n) is 8.54. The van der Waals surface area contributed by atoms with Crippen molar-refractivity contribution >= 4 is 38.1 Å². The number of nitrogens with two attached hydrogens (primary N) is 1. The van der Waals surface area contributed by atoms with Crippen LogP contribution in [-0.2, 0) is 14.8 Å². The van der Waals surface area contributed by atoms with Gasteiger partial charge >= 0.3 is 12.0 Å². The molecule has 0 unspecified atom stereocenters. The Kier molecular flexibility index (Phi) is 5.53. The molecule has 178 valence electrons. The SMILES string of the molecule is CC(=O)Oc1nc2cnc3c(ccn3S(=O)(=O)c3ccccc3C)c2n1N1CCC(CN)CC1. The van der Waals surface area contributed by atoms with Crippen molar-refractivity contribution in [2.45, 2.75) is 31.6 Å². The Hall–Kier alpha value is -3.44. The molecule has 1 aliphatic rings. The average molecular weight is 483 g/mol. The number of aromatic nitrogens is 4. The fourth-order valence-electron chi connectivity index (χ4n) is 4.55. The van der Waals surface area contributed by atoms with Crippen molar-refractivity contribution < 1.29 is 17.9 Å². The molecule has 1 aromatic carbocycles. The highest BCUT2D eigenvalue weighted by Crippen LogP contribution is 2.32. The molecule has 4 aromatic rings. The summed E-state index contributed by atoms with van der Waals surface area (Å²) in [5.74, 6) is -0.0532. The minimum atomic E-state index is -3.87. The molecule has 0 atom stereocenters. The molecule has 4 heterocycles. The lowest BCUT2D eigenvalue weighted by molar-refractivity contribution is -0.132. The topological polar surface area (TPSA) is 125 Å². The number of nitrogens with zero attached hydrogens (tertiary/aromatic N) is 5. The van der Waals surface area contributed by atoms with Crippen molar-refractivity contribution in [1.29, 1.82) is 0 Å². The highest BCUT2D eigenvalue weighted by Gasteiger charge is 2.28. The molecule has 1 aliphatic heterocycles. The number of aryl methyl sites for hydroxylation is 1. The first-order valence-electron chi connectivity index (χ1n) is 11.1. The highest BCUT2D eigenvalue weighted by atomic mass is 32.2. The van der Waals surface area contributed by atoms with Crippen LogP contribution in [0.1, 0.15) is 25.3 Å². The zero-order chi connectivity index (χ0) is 24.0. The van der Waals surface area contributed by atoms with Gasteiger partial charge in [-0.05, 0) is 49.9 Å². The summed E-state index contributed by atoms with van der Waals surface area (Å²) in [7, 11) is -3.87. The van der Waals surface area contributed by atoms with E-state index in [0.717, 1.165) is 12.8 Å². The molecule has 10 nitrogen and oxygen atoms in total. The van der Waals surface area contributed by atoms with Gasteiger partial charge in [-0.1, -0.05) is 18.2 Å². The summed E-state index contributed by atoms with van der Waals surface area (Å²) < 4.78 is 35.4. The Balaban J connectivity index is 1.71. The Labute approximate surface area is 197 Å². The van der Waals surface area contributed by atoms with Gasteiger partial charge in [-0.3, -0.25) is 4.79 Å². The van der Waals surface area contributed by atoms with Crippen molar-refractivity contribution in [1.82, 2.24) is 18.6 Å². The smallest absolute Gasteiger partial charge is 0.324 e. The molecule has 1 fully saturated rings. The van der Waals surface area contributed by atoms with E-state index in [1.807, 2.05) is 0 Å². The van der Waals surface area contributed by atoms with Gasteiger partial charge in [-0.15, -0.1) is 0 Å². The molecule has 5 rings (SSSR count). The molecule has 0 spiro atoms. The average Bonchev–Trinajstić information content (AvgIpc) is 3.40. The lowest BCUT2D eigenvalue weighted by atomic mass is 9.98. The summed E-state index contributed by atoms with van der Waals surface area (Å²) in [6, 6.07) is 8.69. The van der Waals surface area contributed by atoms with E-state index in [0.29, 0.717) is 47.5 Å². The standard InChI is InChI=1S/C23H26N6O4S/c1-15-5-3-4-6-20(15)34(31,32)28-12-9-18-21-19(14-25-22(18)28)26-23(33-16(2)30)29(21)27-10-7-17(13-24)8-11-27/h3-6,9,12,14,17H,7-8,10-11,13,24H2,1-2H3. The number of fused-ring (bicyclic) bond motifs is 3. The Bertz CT molecular complexity index is 1500. The van der Waals surface area contributed by atoms with E-state index in [9.17, 15) is 13.2 Å². The molecule has 11 heteroatoms. The van der Waals surface area contributed by atoms with E-state index in [1.54, 1.807) is 41.9 Å². The van der Waals surface area contributed by atoms with Gasteiger partial charge in [0.15, 0.2) is 5.65 Å². The fraction of sp³-hybridized carbons (Fsp3) is 0.348. The molecular formula is C23H26N6O4S. The Morgan fingerprint density at radius 3 is 2.62 bits per heavy atom. The largest absolute Gasteiger partial charge is 0.391 e. The fourth-order valence-corrected chi connectivity index (χ4v) is 6.08. The first-order valence-corrected chi connectivity index (χ1v) is 12.6.